The Morgan fingerprint density at radius 1 is 1.13 bits per heavy atom. The number of anilines is 2. The van der Waals surface area contributed by atoms with Crippen molar-refractivity contribution in [2.45, 2.75) is 56.1 Å². The number of ether oxygens (including phenoxy) is 1. The lowest BCUT2D eigenvalue weighted by molar-refractivity contribution is -0.118. The normalized spacial score (nSPS) is 24.2. The maximum Gasteiger partial charge on any atom is 0.238 e. The van der Waals surface area contributed by atoms with Gasteiger partial charge in [0, 0.05) is 29.3 Å². The number of nitrogens with zero attached hydrogens (tertiary/aromatic N) is 3. The molecule has 0 radical (unpaired) electrons. The predicted octanol–water partition coefficient (Wildman–Crippen LogP) is 4.30. The highest BCUT2D eigenvalue weighted by Gasteiger charge is 2.63. The van der Waals surface area contributed by atoms with Crippen molar-refractivity contribution in [1.29, 1.82) is 0 Å². The highest BCUT2D eigenvalue weighted by atomic mass is 32.2. The number of amides is 1. The van der Waals surface area contributed by atoms with Crippen molar-refractivity contribution in [2.24, 2.45) is 5.92 Å². The van der Waals surface area contributed by atoms with Crippen molar-refractivity contribution < 1.29 is 17.9 Å². The fourth-order valence-corrected chi connectivity index (χ4v) is 7.64. The molecule has 3 fully saturated rings. The summed E-state index contributed by atoms with van der Waals surface area (Å²) in [5.74, 6) is 0.627. The SMILES string of the molecule is CC1CC12C(=O)Nc1cnc3ccc(-c4cnc(OCCCN5CCCC5)c(NS(=O)(=O)C5CC5)c4)cc3c12. The molecule has 9 nitrogen and oxygen atoms in total. The van der Waals surface area contributed by atoms with Crippen LogP contribution in [0.25, 0.3) is 22.0 Å². The summed E-state index contributed by atoms with van der Waals surface area (Å²) < 4.78 is 34.5. The number of likely N-dealkylation sites (tertiary alicyclic amines) is 1. The summed E-state index contributed by atoms with van der Waals surface area (Å²) in [6, 6.07) is 7.76. The van der Waals surface area contributed by atoms with Crippen molar-refractivity contribution in [2.75, 3.05) is 36.3 Å². The van der Waals surface area contributed by atoms with E-state index in [1.165, 1.54) is 12.8 Å². The Labute approximate surface area is 228 Å². The van der Waals surface area contributed by atoms with E-state index in [4.69, 9.17) is 4.74 Å². The summed E-state index contributed by atoms with van der Waals surface area (Å²) in [7, 11) is -3.50. The third-order valence-corrected chi connectivity index (χ3v) is 10.6. The number of hydrogen-bond acceptors (Lipinski definition) is 7. The maximum atomic E-state index is 12.9. The standard InChI is InChI=1S/C29H33N5O4S/c1-18-15-29(18)26-22-13-19(5-8-23(22)30-17-25(26)32-28(29)35)20-14-24(33-39(36,37)21-6-7-21)27(31-16-20)38-12-4-11-34-9-2-3-10-34/h5,8,13-14,16-18,21,33H,2-4,6-7,9-12,15H2,1H3,(H,32,35). The van der Waals surface area contributed by atoms with Crippen LogP contribution in [-0.4, -0.2) is 60.7 Å². The first-order valence-corrected chi connectivity index (χ1v) is 15.5. The molecule has 1 amide bonds. The molecule has 3 aromatic rings. The van der Waals surface area contributed by atoms with Crippen LogP contribution in [0.2, 0.25) is 0 Å². The van der Waals surface area contributed by atoms with E-state index in [1.54, 1.807) is 18.5 Å². The second kappa shape index (κ2) is 9.16. The average Bonchev–Trinajstić information content (AvgIpc) is 3.81. The van der Waals surface area contributed by atoms with Crippen molar-refractivity contribution in [3.05, 3.63) is 42.2 Å². The highest BCUT2D eigenvalue weighted by Crippen LogP contribution is 2.61. The topological polar surface area (TPSA) is 114 Å². The highest BCUT2D eigenvalue weighted by molar-refractivity contribution is 7.93. The zero-order valence-corrected chi connectivity index (χ0v) is 22.9. The van der Waals surface area contributed by atoms with Crippen molar-refractivity contribution >= 4 is 38.2 Å². The molecule has 2 aliphatic heterocycles. The summed E-state index contributed by atoms with van der Waals surface area (Å²) in [6.45, 7) is 5.81. The molecule has 204 valence electrons. The van der Waals surface area contributed by atoms with Gasteiger partial charge in [0.1, 0.15) is 5.69 Å². The molecule has 0 bridgehead atoms. The third kappa shape index (κ3) is 4.34. The molecule has 2 atom stereocenters. The Bertz CT molecular complexity index is 1580. The Hall–Kier alpha value is -3.24. The number of carbonyl (C=O) groups is 1. The van der Waals surface area contributed by atoms with Gasteiger partial charge in [-0.05, 0) is 81.3 Å². The van der Waals surface area contributed by atoms with Crippen LogP contribution in [0.4, 0.5) is 11.4 Å². The number of rotatable bonds is 9. The van der Waals surface area contributed by atoms with Gasteiger partial charge in [-0.25, -0.2) is 13.4 Å². The number of benzene rings is 1. The molecule has 10 heteroatoms. The Kier molecular flexibility index (Phi) is 5.82. The van der Waals surface area contributed by atoms with Gasteiger partial charge in [0.2, 0.25) is 21.8 Å². The lowest BCUT2D eigenvalue weighted by Gasteiger charge is -2.17. The average molecular weight is 548 g/mol. The first kappa shape index (κ1) is 24.8. The lowest BCUT2D eigenvalue weighted by atomic mass is 9.91. The quantitative estimate of drug-likeness (QED) is 0.384. The maximum absolute atomic E-state index is 12.9. The molecule has 2 aliphatic carbocycles. The van der Waals surface area contributed by atoms with E-state index < -0.39 is 15.4 Å². The van der Waals surface area contributed by atoms with E-state index >= 15 is 0 Å². The minimum atomic E-state index is -3.50. The second-order valence-corrected chi connectivity index (χ2v) is 13.4. The second-order valence-electron chi connectivity index (χ2n) is 11.5. The third-order valence-electron chi connectivity index (χ3n) is 8.73. The number of sulfonamides is 1. The van der Waals surface area contributed by atoms with Crippen LogP contribution in [0.5, 0.6) is 5.88 Å². The van der Waals surface area contributed by atoms with Crippen LogP contribution >= 0.6 is 0 Å². The Balaban J connectivity index is 1.21. The van der Waals surface area contributed by atoms with E-state index in [9.17, 15) is 13.2 Å². The van der Waals surface area contributed by atoms with Crippen LogP contribution < -0.4 is 14.8 Å². The first-order chi connectivity index (χ1) is 18.8. The number of fused-ring (bicyclic) bond motifs is 4. The molecule has 7 rings (SSSR count). The van der Waals surface area contributed by atoms with E-state index in [2.05, 4.69) is 31.8 Å². The van der Waals surface area contributed by atoms with E-state index in [-0.39, 0.29) is 17.1 Å². The molecule has 39 heavy (non-hydrogen) atoms. The molecule has 1 spiro atoms. The van der Waals surface area contributed by atoms with Gasteiger partial charge in [-0.15, -0.1) is 0 Å². The van der Waals surface area contributed by atoms with E-state index in [0.29, 0.717) is 31.0 Å². The van der Waals surface area contributed by atoms with E-state index in [1.807, 2.05) is 18.2 Å². The smallest absolute Gasteiger partial charge is 0.238 e. The first-order valence-electron chi connectivity index (χ1n) is 14.0. The van der Waals surface area contributed by atoms with Gasteiger partial charge < -0.3 is 15.0 Å². The molecule has 2 unspecified atom stereocenters. The fourth-order valence-electron chi connectivity index (χ4n) is 6.26. The van der Waals surface area contributed by atoms with Gasteiger partial charge in [0.25, 0.3) is 0 Å². The van der Waals surface area contributed by atoms with Crippen LogP contribution in [0.1, 0.15) is 51.0 Å². The summed E-state index contributed by atoms with van der Waals surface area (Å²) in [5, 5.41) is 3.60. The molecule has 2 N–H and O–H groups in total. The summed E-state index contributed by atoms with van der Waals surface area (Å²) in [4.78, 5) is 24.4. The molecular formula is C29H33N5O4S. The number of hydrogen-bond donors (Lipinski definition) is 2. The Morgan fingerprint density at radius 3 is 2.67 bits per heavy atom. The number of carbonyl (C=O) groups excluding carboxylic acids is 1. The predicted molar refractivity (Wildman–Crippen MR) is 150 cm³/mol. The molecule has 4 heterocycles. The fraction of sp³-hybridized carbons (Fsp3) is 0.483. The van der Waals surface area contributed by atoms with Crippen LogP contribution in [0.15, 0.2) is 36.7 Å². The number of aromatic nitrogens is 2. The molecule has 1 aromatic carbocycles. The van der Waals surface area contributed by atoms with Crippen molar-refractivity contribution in [3.63, 3.8) is 0 Å². The molecular weight excluding hydrogens is 514 g/mol. The largest absolute Gasteiger partial charge is 0.476 e. The summed E-state index contributed by atoms with van der Waals surface area (Å²) in [6.07, 6.45) is 8.99. The molecule has 2 aromatic heterocycles. The van der Waals surface area contributed by atoms with Crippen molar-refractivity contribution in [3.8, 4) is 17.0 Å². The zero-order valence-electron chi connectivity index (χ0n) is 22.1. The molecule has 1 saturated heterocycles. The Morgan fingerprint density at radius 2 is 1.92 bits per heavy atom. The zero-order chi connectivity index (χ0) is 26.8. The van der Waals surface area contributed by atoms with Crippen LogP contribution in [0, 0.1) is 5.92 Å². The monoisotopic (exact) mass is 547 g/mol. The summed E-state index contributed by atoms with van der Waals surface area (Å²) >= 11 is 0. The van der Waals surface area contributed by atoms with E-state index in [0.717, 1.165) is 65.8 Å². The van der Waals surface area contributed by atoms with Gasteiger partial charge in [0.15, 0.2) is 0 Å². The number of pyridine rings is 2. The van der Waals surface area contributed by atoms with Gasteiger partial charge >= 0.3 is 0 Å². The molecule has 2 saturated carbocycles. The van der Waals surface area contributed by atoms with Gasteiger partial charge in [-0.2, -0.15) is 0 Å². The van der Waals surface area contributed by atoms with Crippen molar-refractivity contribution in [1.82, 2.24) is 14.9 Å². The molecule has 4 aliphatic rings. The van der Waals surface area contributed by atoms with Gasteiger partial charge in [0.05, 0.1) is 34.7 Å². The summed E-state index contributed by atoms with van der Waals surface area (Å²) in [5.41, 5.74) is 4.15. The van der Waals surface area contributed by atoms with Gasteiger partial charge in [-0.1, -0.05) is 13.0 Å². The number of nitrogens with one attached hydrogen (secondary N) is 2. The van der Waals surface area contributed by atoms with Crippen LogP contribution in [-0.2, 0) is 20.2 Å². The van der Waals surface area contributed by atoms with Crippen LogP contribution in [0.3, 0.4) is 0 Å². The van der Waals surface area contributed by atoms with Gasteiger partial charge in [-0.3, -0.25) is 14.5 Å². The lowest BCUT2D eigenvalue weighted by Crippen LogP contribution is -2.22. The minimum absolute atomic E-state index is 0.0503. The minimum Gasteiger partial charge on any atom is -0.476 e.